The van der Waals surface area contributed by atoms with Crippen molar-refractivity contribution in [3.05, 3.63) is 6.92 Å². The molecule has 0 radical (unpaired) electrons. The van der Waals surface area contributed by atoms with E-state index in [1.54, 1.807) is 0 Å². The van der Waals surface area contributed by atoms with Gasteiger partial charge in [0.2, 0.25) is 0 Å². The number of unbranched alkanes of at least 4 members (excludes halogenated alkanes) is 12. The van der Waals surface area contributed by atoms with Crippen molar-refractivity contribution in [2.45, 2.75) is 291 Å². The maximum absolute atomic E-state index is 13.3. The average molecular weight is 1270 g/mol. The maximum atomic E-state index is 13.3. The molecule has 0 heterocycles. The molecule has 14 heteroatoms. The van der Waals surface area contributed by atoms with Gasteiger partial charge in [-0.05, 0) is 165 Å². The molecular formula is C70H124MoNO12-. The fraction of sp³-hybridized carbons (Fsp3) is 0.914. The summed E-state index contributed by atoms with van der Waals surface area (Å²) in [6.45, 7) is 16.0. The third kappa shape index (κ3) is 33.5. The zero-order chi connectivity index (χ0) is 59.7. The Morgan fingerprint density at radius 1 is 0.405 bits per heavy atom. The molecule has 2 atom stereocenters. The molecule has 0 bridgehead atoms. The van der Waals surface area contributed by atoms with Gasteiger partial charge in [-0.2, -0.15) is 0 Å². The molecule has 0 saturated heterocycles. The standard InChI is InChI=1S/C70H124NO12.Mo/c1-6-11-17-25-55-31-39-61(40-32-55)67(74)80-51-59(52-81-68(75)62-41-33-56(34-42-62)26-18-12-7-2)49-78-65(72)29-21-15-23-47-71(10-5)48-24-16-22-30-66(73)79-50-60(53-82-69(76)63-43-35-57(36-44-63)27-19-13-8-3)54-83-70(77)64-45-37-58(38-46-64)28-20-14-9-4;/h55-64,67,74H,5-54H2,1-4H3;/q-1;. The van der Waals surface area contributed by atoms with Crippen LogP contribution in [0.3, 0.4) is 0 Å². The Bertz CT molecular complexity index is 1640. The van der Waals surface area contributed by atoms with Crippen LogP contribution in [0.2, 0.25) is 0 Å². The van der Waals surface area contributed by atoms with Crippen molar-refractivity contribution in [1.82, 2.24) is 4.90 Å². The van der Waals surface area contributed by atoms with Gasteiger partial charge in [-0.1, -0.05) is 143 Å². The number of rotatable bonds is 46. The molecule has 4 rings (SSSR count). The van der Waals surface area contributed by atoms with Gasteiger partial charge in [-0.15, -0.1) is 6.54 Å². The smallest absolute Gasteiger partial charge is 0.308 e. The first-order valence-electron chi connectivity index (χ1n) is 35.1. The molecule has 84 heavy (non-hydrogen) atoms. The van der Waals surface area contributed by atoms with Gasteiger partial charge in [0.05, 0.1) is 49.4 Å². The number of ether oxygens (including phenoxy) is 6. The van der Waals surface area contributed by atoms with Crippen LogP contribution in [-0.4, -0.2) is 105 Å². The van der Waals surface area contributed by atoms with E-state index in [9.17, 15) is 29.1 Å². The van der Waals surface area contributed by atoms with Crippen LogP contribution in [0.25, 0.3) is 0 Å². The molecule has 0 aromatic carbocycles. The molecule has 0 aliphatic heterocycles. The summed E-state index contributed by atoms with van der Waals surface area (Å²) in [6.07, 6.45) is 40.4. The van der Waals surface area contributed by atoms with Crippen LogP contribution in [0.15, 0.2) is 0 Å². The number of aliphatic hydroxyl groups is 1. The fourth-order valence-electron chi connectivity index (χ4n) is 13.6. The zero-order valence-electron chi connectivity index (χ0n) is 54.0. The first kappa shape index (κ1) is 76.2. The summed E-state index contributed by atoms with van der Waals surface area (Å²) in [4.78, 5) is 68.1. The molecule has 0 aromatic rings. The van der Waals surface area contributed by atoms with Gasteiger partial charge >= 0.3 is 29.8 Å². The number of esters is 5. The Morgan fingerprint density at radius 3 is 1.04 bits per heavy atom. The number of carbonyl (C=O) groups is 5. The summed E-state index contributed by atoms with van der Waals surface area (Å²) >= 11 is 0. The first-order valence-corrected chi connectivity index (χ1v) is 35.1. The summed E-state index contributed by atoms with van der Waals surface area (Å²) in [5.74, 6) is 0.735. The second kappa shape index (κ2) is 47.9. The quantitative estimate of drug-likeness (QED) is 0.0153. The molecular weight excluding hydrogens is 1140 g/mol. The van der Waals surface area contributed by atoms with Gasteiger partial charge in [0.15, 0.2) is 6.29 Å². The topological polar surface area (TPSA) is 164 Å². The normalized spacial score (nSPS) is 23.8. The summed E-state index contributed by atoms with van der Waals surface area (Å²) < 4.78 is 35.2. The molecule has 0 amide bonds. The van der Waals surface area contributed by atoms with E-state index in [1.165, 1.54) is 103 Å². The van der Waals surface area contributed by atoms with Gasteiger partial charge in [0, 0.05) is 39.8 Å². The Morgan fingerprint density at radius 2 is 0.714 bits per heavy atom. The number of aliphatic hydroxyl groups excluding tert-OH is 1. The van der Waals surface area contributed by atoms with E-state index < -0.39 is 12.2 Å². The molecule has 13 nitrogen and oxygen atoms in total. The predicted molar refractivity (Wildman–Crippen MR) is 331 cm³/mol. The van der Waals surface area contributed by atoms with Crippen molar-refractivity contribution < 1.29 is 78.6 Å². The van der Waals surface area contributed by atoms with Crippen LogP contribution in [-0.2, 0) is 73.5 Å². The molecule has 4 fully saturated rings. The predicted octanol–water partition coefficient (Wildman–Crippen LogP) is 16.1. The van der Waals surface area contributed by atoms with Crippen LogP contribution >= 0.6 is 0 Å². The number of hydrogen-bond acceptors (Lipinski definition) is 13. The molecule has 1 N–H and O–H groups in total. The second-order valence-corrected chi connectivity index (χ2v) is 26.6. The molecule has 0 aromatic heterocycles. The molecule has 0 spiro atoms. The Labute approximate surface area is 526 Å². The maximum Gasteiger partial charge on any atom is 0.308 e. The van der Waals surface area contributed by atoms with E-state index in [4.69, 9.17) is 28.4 Å². The third-order valence-corrected chi connectivity index (χ3v) is 19.6. The second-order valence-electron chi connectivity index (χ2n) is 26.6. The number of carbonyl (C=O) groups excluding carboxylic acids is 5. The van der Waals surface area contributed by atoms with Gasteiger partial charge in [0.25, 0.3) is 0 Å². The van der Waals surface area contributed by atoms with Crippen molar-refractivity contribution in [1.29, 1.82) is 0 Å². The van der Waals surface area contributed by atoms with Gasteiger partial charge in [0.1, 0.15) is 19.8 Å². The van der Waals surface area contributed by atoms with Crippen molar-refractivity contribution in [2.75, 3.05) is 59.3 Å². The van der Waals surface area contributed by atoms with E-state index in [1.807, 2.05) is 0 Å². The molecule has 4 saturated carbocycles. The summed E-state index contributed by atoms with van der Waals surface area (Å²) in [5.41, 5.74) is 0. The molecule has 488 valence electrons. The minimum atomic E-state index is -0.884. The molecule has 2 unspecified atom stereocenters. The Kier molecular flexibility index (Phi) is 43.4. The Balaban J connectivity index is 0.0000185. The number of hydrogen-bond donors (Lipinski definition) is 1. The third-order valence-electron chi connectivity index (χ3n) is 19.6. The van der Waals surface area contributed by atoms with Crippen LogP contribution < -0.4 is 0 Å². The summed E-state index contributed by atoms with van der Waals surface area (Å²) in [5, 5.41) is 11.1. The minimum Gasteiger partial charge on any atom is -0.465 e. The van der Waals surface area contributed by atoms with Crippen LogP contribution in [0, 0.1) is 66.1 Å². The summed E-state index contributed by atoms with van der Waals surface area (Å²) in [6, 6.07) is 0. The first-order chi connectivity index (χ1) is 40.4. The minimum absolute atomic E-state index is 0. The zero-order valence-corrected chi connectivity index (χ0v) is 56.0. The van der Waals surface area contributed by atoms with E-state index >= 15 is 0 Å². The van der Waals surface area contributed by atoms with Crippen molar-refractivity contribution in [2.24, 2.45) is 59.2 Å². The summed E-state index contributed by atoms with van der Waals surface area (Å²) in [7, 11) is 0. The molecule has 4 aliphatic rings. The van der Waals surface area contributed by atoms with E-state index in [0.717, 1.165) is 147 Å². The van der Waals surface area contributed by atoms with Gasteiger partial charge in [-0.3, -0.25) is 24.0 Å². The van der Waals surface area contributed by atoms with Crippen LogP contribution in [0.1, 0.15) is 285 Å². The van der Waals surface area contributed by atoms with Gasteiger partial charge in [-0.25, -0.2) is 0 Å². The Hall–Kier alpha value is -2.08. The average Bonchev–Trinajstić information content (AvgIpc) is 3.55. The monoisotopic (exact) mass is 1270 g/mol. The van der Waals surface area contributed by atoms with Crippen molar-refractivity contribution in [3.63, 3.8) is 0 Å². The van der Waals surface area contributed by atoms with Crippen molar-refractivity contribution >= 4 is 29.8 Å². The number of nitrogens with zero attached hydrogens (tertiary/aromatic N) is 1. The van der Waals surface area contributed by atoms with E-state index in [0.29, 0.717) is 43.6 Å². The molecule has 4 aliphatic carbocycles. The largest absolute Gasteiger partial charge is 0.465 e. The van der Waals surface area contributed by atoms with Gasteiger partial charge < -0.3 is 45.4 Å². The van der Waals surface area contributed by atoms with Crippen LogP contribution in [0.4, 0.5) is 0 Å². The fourth-order valence-corrected chi connectivity index (χ4v) is 13.6. The van der Waals surface area contributed by atoms with E-state index in [2.05, 4.69) is 39.5 Å². The van der Waals surface area contributed by atoms with Crippen molar-refractivity contribution in [3.8, 4) is 0 Å². The SMILES string of the molecule is [CH2-]CN(CCCCCC(=O)OCC(COC(=O)C1CCC(CCCCC)CC1)COC(=O)C1CCC(CCCCC)CC1)CCCCCC(=O)OCC(COC(=O)C1CCC(CCCCC)CC1)COC(O)C1CCC(CCCCC)CC1.[Mo]. The van der Waals surface area contributed by atoms with E-state index in [-0.39, 0.29) is 127 Å². The van der Waals surface area contributed by atoms with Crippen LogP contribution in [0.5, 0.6) is 0 Å².